The molecule has 1 saturated heterocycles. The minimum atomic E-state index is -0.0983. The van der Waals surface area contributed by atoms with E-state index in [2.05, 4.69) is 34.8 Å². The van der Waals surface area contributed by atoms with Crippen LogP contribution in [0.25, 0.3) is 11.2 Å². The molecule has 0 spiro atoms. The van der Waals surface area contributed by atoms with Gasteiger partial charge in [0.2, 0.25) is 0 Å². The molecule has 0 radical (unpaired) electrons. The van der Waals surface area contributed by atoms with E-state index < -0.39 is 0 Å². The minimum Gasteiger partial charge on any atom is -0.352 e. The third kappa shape index (κ3) is 3.42. The average Bonchev–Trinajstić information content (AvgIpc) is 3.25. The topological polar surface area (TPSA) is 95.8 Å². The largest absolute Gasteiger partial charge is 0.352 e. The number of H-pyrrole nitrogens is 1. The quantitative estimate of drug-likeness (QED) is 0.563. The van der Waals surface area contributed by atoms with Crippen LogP contribution in [0.15, 0.2) is 59.9 Å². The van der Waals surface area contributed by atoms with Gasteiger partial charge in [0.15, 0.2) is 11.5 Å². The van der Waals surface area contributed by atoms with E-state index in [4.69, 9.17) is 0 Å². The Hall–Kier alpha value is -3.75. The Morgan fingerprint density at radius 3 is 2.52 bits per heavy atom. The van der Waals surface area contributed by atoms with Gasteiger partial charge in [0.25, 0.3) is 5.56 Å². The first kappa shape index (κ1) is 17.4. The highest BCUT2D eigenvalue weighted by atomic mass is 16.1. The van der Waals surface area contributed by atoms with Crippen LogP contribution in [-0.2, 0) is 6.54 Å². The van der Waals surface area contributed by atoms with Crippen molar-refractivity contribution in [2.24, 2.45) is 0 Å². The lowest BCUT2D eigenvalue weighted by Gasteiger charge is -2.36. The van der Waals surface area contributed by atoms with Gasteiger partial charge in [0, 0.05) is 32.2 Å². The molecule has 3 aromatic heterocycles. The molecule has 1 aliphatic rings. The summed E-state index contributed by atoms with van der Waals surface area (Å²) in [6.07, 6.45) is 3.19. The van der Waals surface area contributed by atoms with Crippen molar-refractivity contribution in [2.45, 2.75) is 6.54 Å². The molecular formula is C20H20N8O. The molecule has 29 heavy (non-hydrogen) atoms. The molecule has 0 atom stereocenters. The summed E-state index contributed by atoms with van der Waals surface area (Å²) in [4.78, 5) is 32.6. The van der Waals surface area contributed by atoms with Crippen molar-refractivity contribution in [3.63, 3.8) is 0 Å². The summed E-state index contributed by atoms with van der Waals surface area (Å²) in [5.41, 5.74) is 2.48. The van der Waals surface area contributed by atoms with Crippen LogP contribution in [0, 0.1) is 0 Å². The summed E-state index contributed by atoms with van der Waals surface area (Å²) in [6.45, 7) is 3.63. The number of fused-ring (bicyclic) bond motifs is 1. The Balaban J connectivity index is 1.32. The van der Waals surface area contributed by atoms with E-state index in [1.807, 2.05) is 30.3 Å². The number of aromatic amines is 1. The first-order chi connectivity index (χ1) is 14.3. The maximum absolute atomic E-state index is 12.2. The fraction of sp³-hybridized carbons (Fsp3) is 0.250. The van der Waals surface area contributed by atoms with E-state index >= 15 is 0 Å². The molecule has 0 aliphatic carbocycles. The molecule has 1 fully saturated rings. The number of imidazole rings is 1. The first-order valence-corrected chi connectivity index (χ1v) is 9.54. The lowest BCUT2D eigenvalue weighted by atomic mass is 10.2. The molecule has 146 valence electrons. The Labute approximate surface area is 166 Å². The summed E-state index contributed by atoms with van der Waals surface area (Å²) in [6, 6.07) is 13.3. The molecule has 1 N–H and O–H groups in total. The summed E-state index contributed by atoms with van der Waals surface area (Å²) >= 11 is 0. The zero-order chi connectivity index (χ0) is 19.6. The van der Waals surface area contributed by atoms with Gasteiger partial charge < -0.3 is 14.8 Å². The molecule has 9 heteroatoms. The fourth-order valence-corrected chi connectivity index (χ4v) is 3.62. The minimum absolute atomic E-state index is 0.0983. The molecule has 0 saturated carbocycles. The number of nitrogens with one attached hydrogen (secondary N) is 1. The predicted molar refractivity (Wildman–Crippen MR) is 110 cm³/mol. The van der Waals surface area contributed by atoms with Crippen LogP contribution in [0.1, 0.15) is 5.56 Å². The molecule has 4 aromatic rings. The third-order valence-electron chi connectivity index (χ3n) is 5.13. The van der Waals surface area contributed by atoms with Crippen molar-refractivity contribution in [1.82, 2.24) is 29.7 Å². The number of benzene rings is 1. The second kappa shape index (κ2) is 7.34. The third-order valence-corrected chi connectivity index (χ3v) is 5.13. The number of nitrogens with zero attached hydrogens (tertiary/aromatic N) is 7. The monoisotopic (exact) mass is 388 g/mol. The maximum atomic E-state index is 12.2. The summed E-state index contributed by atoms with van der Waals surface area (Å²) in [5.74, 6) is 1.68. The number of anilines is 2. The normalized spacial score (nSPS) is 14.5. The van der Waals surface area contributed by atoms with Gasteiger partial charge in [-0.1, -0.05) is 30.3 Å². The van der Waals surface area contributed by atoms with Gasteiger partial charge in [-0.15, -0.1) is 0 Å². The lowest BCUT2D eigenvalue weighted by Crippen LogP contribution is -2.47. The Morgan fingerprint density at radius 1 is 0.897 bits per heavy atom. The second-order valence-electron chi connectivity index (χ2n) is 6.95. The summed E-state index contributed by atoms with van der Waals surface area (Å²) < 4.78 is 1.52. The SMILES string of the molecule is O=c1ccc(N2CCN(c3ncnc4nc[nH]c34)CC2)nn1Cc1ccccc1. The van der Waals surface area contributed by atoms with Gasteiger partial charge in [0.1, 0.15) is 17.7 Å². The number of hydrogen-bond acceptors (Lipinski definition) is 7. The van der Waals surface area contributed by atoms with Crippen LogP contribution in [0.3, 0.4) is 0 Å². The van der Waals surface area contributed by atoms with Crippen LogP contribution in [0.4, 0.5) is 11.6 Å². The van der Waals surface area contributed by atoms with E-state index in [-0.39, 0.29) is 5.56 Å². The lowest BCUT2D eigenvalue weighted by molar-refractivity contribution is 0.600. The molecule has 5 rings (SSSR count). The summed E-state index contributed by atoms with van der Waals surface area (Å²) in [5, 5.41) is 4.60. The second-order valence-corrected chi connectivity index (χ2v) is 6.95. The van der Waals surface area contributed by atoms with Crippen LogP contribution >= 0.6 is 0 Å². The molecule has 1 aromatic carbocycles. The van der Waals surface area contributed by atoms with Gasteiger partial charge in [-0.25, -0.2) is 19.6 Å². The van der Waals surface area contributed by atoms with Gasteiger partial charge in [-0.2, -0.15) is 5.10 Å². The van der Waals surface area contributed by atoms with Gasteiger partial charge in [-0.3, -0.25) is 4.79 Å². The van der Waals surface area contributed by atoms with Gasteiger partial charge in [0.05, 0.1) is 12.9 Å². The predicted octanol–water partition coefficient (Wildman–Crippen LogP) is 1.28. The maximum Gasteiger partial charge on any atom is 0.267 e. The van der Waals surface area contributed by atoms with E-state index in [0.29, 0.717) is 12.2 Å². The average molecular weight is 388 g/mol. The zero-order valence-corrected chi connectivity index (χ0v) is 15.8. The van der Waals surface area contributed by atoms with Crippen LogP contribution in [0.5, 0.6) is 0 Å². The van der Waals surface area contributed by atoms with Gasteiger partial charge >= 0.3 is 0 Å². The highest BCUT2D eigenvalue weighted by molar-refractivity contribution is 5.82. The molecule has 1 aliphatic heterocycles. The Morgan fingerprint density at radius 2 is 1.69 bits per heavy atom. The standard InChI is InChI=1S/C20H20N8O/c29-17-7-6-16(25-28(17)12-15-4-2-1-3-5-15)26-8-10-27(11-9-26)20-18-19(22-13-21-18)23-14-24-20/h1-7,13-14H,8-12H2,(H,21,22,23,24). The highest BCUT2D eigenvalue weighted by Gasteiger charge is 2.22. The van der Waals surface area contributed by atoms with E-state index in [0.717, 1.165) is 48.9 Å². The van der Waals surface area contributed by atoms with Gasteiger partial charge in [-0.05, 0) is 11.6 Å². The number of hydrogen-bond donors (Lipinski definition) is 1. The van der Waals surface area contributed by atoms with Crippen molar-refractivity contribution in [3.05, 3.63) is 71.0 Å². The van der Waals surface area contributed by atoms with E-state index in [1.165, 1.54) is 4.68 Å². The van der Waals surface area contributed by atoms with Crippen molar-refractivity contribution in [3.8, 4) is 0 Å². The van der Waals surface area contributed by atoms with E-state index in [9.17, 15) is 4.79 Å². The smallest absolute Gasteiger partial charge is 0.267 e. The van der Waals surface area contributed by atoms with E-state index in [1.54, 1.807) is 24.8 Å². The van der Waals surface area contributed by atoms with Crippen LogP contribution in [0.2, 0.25) is 0 Å². The number of rotatable bonds is 4. The molecule has 0 bridgehead atoms. The van der Waals surface area contributed by atoms with Crippen LogP contribution < -0.4 is 15.4 Å². The highest BCUT2D eigenvalue weighted by Crippen LogP contribution is 2.22. The number of aromatic nitrogens is 6. The first-order valence-electron chi connectivity index (χ1n) is 9.54. The number of piperazine rings is 1. The molecule has 0 unspecified atom stereocenters. The van der Waals surface area contributed by atoms with Crippen molar-refractivity contribution >= 4 is 22.8 Å². The molecular weight excluding hydrogens is 368 g/mol. The van der Waals surface area contributed by atoms with Crippen LogP contribution in [-0.4, -0.2) is 55.9 Å². The fourth-order valence-electron chi connectivity index (χ4n) is 3.62. The van der Waals surface area contributed by atoms with Crippen molar-refractivity contribution in [2.75, 3.05) is 36.0 Å². The zero-order valence-electron chi connectivity index (χ0n) is 15.8. The molecule has 9 nitrogen and oxygen atoms in total. The summed E-state index contributed by atoms with van der Waals surface area (Å²) in [7, 11) is 0. The Kier molecular flexibility index (Phi) is 4.39. The molecule has 4 heterocycles. The molecule has 0 amide bonds. The Bertz CT molecular complexity index is 1180. The van der Waals surface area contributed by atoms with Crippen molar-refractivity contribution < 1.29 is 0 Å². The van der Waals surface area contributed by atoms with Crippen molar-refractivity contribution in [1.29, 1.82) is 0 Å².